The minimum Gasteiger partial charge on any atom is -0.465 e. The fourth-order valence-electron chi connectivity index (χ4n) is 1.50. The Balaban J connectivity index is 2.77. The van der Waals surface area contributed by atoms with E-state index >= 15 is 0 Å². The average molecular weight is 226 g/mol. The Labute approximate surface area is 95.3 Å². The van der Waals surface area contributed by atoms with Gasteiger partial charge >= 0.3 is 5.97 Å². The summed E-state index contributed by atoms with van der Waals surface area (Å²) in [7, 11) is 0. The van der Waals surface area contributed by atoms with E-state index in [-0.39, 0.29) is 11.9 Å². The molecule has 0 aliphatic heterocycles. The Hall–Kier alpha value is -0.830. The fraction of sp³-hybridized carbons (Fsp3) is 0.583. The van der Waals surface area contributed by atoms with Crippen LogP contribution < -0.4 is 0 Å². The van der Waals surface area contributed by atoms with Gasteiger partial charge in [-0.05, 0) is 31.9 Å². The van der Waals surface area contributed by atoms with Gasteiger partial charge in [-0.15, -0.1) is 11.3 Å². The average Bonchev–Trinajstić information content (AvgIpc) is 2.68. The second kappa shape index (κ2) is 5.91. The van der Waals surface area contributed by atoms with Crippen LogP contribution in [-0.4, -0.2) is 12.6 Å². The van der Waals surface area contributed by atoms with Crippen LogP contribution in [-0.2, 0) is 16.0 Å². The van der Waals surface area contributed by atoms with Crippen LogP contribution in [0.5, 0.6) is 0 Å². The summed E-state index contributed by atoms with van der Waals surface area (Å²) in [6.07, 6.45) is 1.84. The van der Waals surface area contributed by atoms with Gasteiger partial charge in [0, 0.05) is 9.75 Å². The van der Waals surface area contributed by atoms with Gasteiger partial charge in [-0.3, -0.25) is 4.79 Å². The lowest BCUT2D eigenvalue weighted by molar-refractivity contribution is -0.144. The number of carbonyl (C=O) groups excluding carboxylic acids is 1. The largest absolute Gasteiger partial charge is 0.465 e. The summed E-state index contributed by atoms with van der Waals surface area (Å²) in [6.45, 7) is 6.45. The third kappa shape index (κ3) is 3.06. The van der Waals surface area contributed by atoms with Crippen LogP contribution in [0, 0.1) is 0 Å². The molecule has 0 aliphatic carbocycles. The molecule has 0 saturated heterocycles. The maximum absolute atomic E-state index is 11.7. The van der Waals surface area contributed by atoms with Gasteiger partial charge in [0.1, 0.15) is 0 Å². The molecule has 0 aromatic carbocycles. The van der Waals surface area contributed by atoms with Crippen molar-refractivity contribution in [2.24, 2.45) is 0 Å². The maximum atomic E-state index is 11.7. The molecule has 0 bridgehead atoms. The number of aryl methyl sites for hydroxylation is 1. The molecule has 2 nitrogen and oxygen atoms in total. The Morgan fingerprint density at radius 1 is 1.40 bits per heavy atom. The summed E-state index contributed by atoms with van der Waals surface area (Å²) < 4.78 is 5.06. The molecule has 1 unspecified atom stereocenters. The van der Waals surface area contributed by atoms with Crippen molar-refractivity contribution >= 4 is 17.3 Å². The minimum atomic E-state index is -0.0931. The number of ether oxygens (including phenoxy) is 1. The highest BCUT2D eigenvalue weighted by atomic mass is 32.1. The highest BCUT2D eigenvalue weighted by Crippen LogP contribution is 2.28. The molecule has 3 heteroatoms. The Kier molecular flexibility index (Phi) is 4.82. The lowest BCUT2D eigenvalue weighted by atomic mass is 10.1. The molecule has 0 amide bonds. The SMILES string of the molecule is CCOC(=O)C(CC)c1ccc(CC)s1. The number of rotatable bonds is 5. The first-order chi connectivity index (χ1) is 7.22. The number of carbonyl (C=O) groups is 1. The van der Waals surface area contributed by atoms with Crippen molar-refractivity contribution < 1.29 is 9.53 Å². The molecule has 1 heterocycles. The quantitative estimate of drug-likeness (QED) is 0.720. The van der Waals surface area contributed by atoms with Crippen LogP contribution in [0.4, 0.5) is 0 Å². The van der Waals surface area contributed by atoms with Crippen molar-refractivity contribution in [3.05, 3.63) is 21.9 Å². The van der Waals surface area contributed by atoms with E-state index in [1.54, 1.807) is 11.3 Å². The molecule has 1 rings (SSSR count). The Morgan fingerprint density at radius 2 is 2.13 bits per heavy atom. The maximum Gasteiger partial charge on any atom is 0.314 e. The summed E-state index contributed by atoms with van der Waals surface area (Å²) in [5.41, 5.74) is 0. The third-order valence-electron chi connectivity index (χ3n) is 2.35. The van der Waals surface area contributed by atoms with Crippen LogP contribution in [0.3, 0.4) is 0 Å². The number of hydrogen-bond donors (Lipinski definition) is 0. The summed E-state index contributed by atoms with van der Waals surface area (Å²) in [6, 6.07) is 4.15. The zero-order valence-corrected chi connectivity index (χ0v) is 10.4. The van der Waals surface area contributed by atoms with Gasteiger partial charge in [0.2, 0.25) is 0 Å². The smallest absolute Gasteiger partial charge is 0.314 e. The minimum absolute atomic E-state index is 0.0738. The van der Waals surface area contributed by atoms with Crippen LogP contribution in [0.25, 0.3) is 0 Å². The van der Waals surface area contributed by atoms with E-state index < -0.39 is 0 Å². The van der Waals surface area contributed by atoms with Crippen molar-refractivity contribution in [3.63, 3.8) is 0 Å². The fourth-order valence-corrected chi connectivity index (χ4v) is 2.62. The molecule has 15 heavy (non-hydrogen) atoms. The summed E-state index contributed by atoms with van der Waals surface area (Å²) >= 11 is 1.72. The van der Waals surface area contributed by atoms with Crippen LogP contribution in [0.2, 0.25) is 0 Å². The zero-order chi connectivity index (χ0) is 11.3. The van der Waals surface area contributed by atoms with Crippen LogP contribution in [0.1, 0.15) is 42.9 Å². The summed E-state index contributed by atoms with van der Waals surface area (Å²) in [4.78, 5) is 14.1. The van der Waals surface area contributed by atoms with Gasteiger partial charge in [0.05, 0.1) is 12.5 Å². The van der Waals surface area contributed by atoms with Gasteiger partial charge in [0.25, 0.3) is 0 Å². The normalized spacial score (nSPS) is 12.5. The molecular formula is C12H18O2S. The van der Waals surface area contributed by atoms with Crippen molar-refractivity contribution in [1.82, 2.24) is 0 Å². The second-order valence-corrected chi connectivity index (χ2v) is 4.57. The molecular weight excluding hydrogens is 208 g/mol. The second-order valence-electron chi connectivity index (χ2n) is 3.37. The zero-order valence-electron chi connectivity index (χ0n) is 9.58. The topological polar surface area (TPSA) is 26.3 Å². The van der Waals surface area contributed by atoms with E-state index in [2.05, 4.69) is 19.1 Å². The highest BCUT2D eigenvalue weighted by molar-refractivity contribution is 7.12. The van der Waals surface area contributed by atoms with Crippen LogP contribution in [0.15, 0.2) is 12.1 Å². The molecule has 0 aliphatic rings. The van der Waals surface area contributed by atoms with Gasteiger partial charge < -0.3 is 4.74 Å². The van der Waals surface area contributed by atoms with Crippen molar-refractivity contribution in [2.75, 3.05) is 6.61 Å². The molecule has 0 radical (unpaired) electrons. The van der Waals surface area contributed by atoms with Crippen LogP contribution >= 0.6 is 11.3 Å². The first kappa shape index (κ1) is 12.2. The Bertz CT molecular complexity index is 317. The van der Waals surface area contributed by atoms with E-state index in [1.807, 2.05) is 13.8 Å². The van der Waals surface area contributed by atoms with Gasteiger partial charge in [-0.25, -0.2) is 0 Å². The molecule has 0 N–H and O–H groups in total. The monoisotopic (exact) mass is 226 g/mol. The molecule has 1 aromatic heterocycles. The van der Waals surface area contributed by atoms with E-state index in [4.69, 9.17) is 4.74 Å². The molecule has 84 valence electrons. The summed E-state index contributed by atoms with van der Waals surface area (Å²) in [5, 5.41) is 0. The summed E-state index contributed by atoms with van der Waals surface area (Å²) in [5.74, 6) is -0.167. The first-order valence-electron chi connectivity index (χ1n) is 5.48. The lowest BCUT2D eigenvalue weighted by Gasteiger charge is -2.11. The lowest BCUT2D eigenvalue weighted by Crippen LogP contribution is -2.14. The van der Waals surface area contributed by atoms with Gasteiger partial charge in [-0.1, -0.05) is 13.8 Å². The Morgan fingerprint density at radius 3 is 2.60 bits per heavy atom. The highest BCUT2D eigenvalue weighted by Gasteiger charge is 2.21. The van der Waals surface area contributed by atoms with Crippen molar-refractivity contribution in [2.45, 2.75) is 39.5 Å². The van der Waals surface area contributed by atoms with E-state index in [0.29, 0.717) is 6.61 Å². The molecule has 1 atom stereocenters. The third-order valence-corrected chi connectivity index (χ3v) is 3.70. The van der Waals surface area contributed by atoms with Crippen molar-refractivity contribution in [1.29, 1.82) is 0 Å². The van der Waals surface area contributed by atoms with E-state index in [0.717, 1.165) is 17.7 Å². The predicted octanol–water partition coefficient (Wildman–Crippen LogP) is 3.37. The van der Waals surface area contributed by atoms with Crippen molar-refractivity contribution in [3.8, 4) is 0 Å². The van der Waals surface area contributed by atoms with Gasteiger partial charge in [0.15, 0.2) is 0 Å². The predicted molar refractivity (Wildman–Crippen MR) is 63.4 cm³/mol. The number of esters is 1. The molecule has 0 saturated carbocycles. The van der Waals surface area contributed by atoms with E-state index in [9.17, 15) is 4.79 Å². The first-order valence-corrected chi connectivity index (χ1v) is 6.29. The molecule has 0 spiro atoms. The van der Waals surface area contributed by atoms with Gasteiger partial charge in [-0.2, -0.15) is 0 Å². The molecule has 0 fully saturated rings. The number of hydrogen-bond acceptors (Lipinski definition) is 3. The van der Waals surface area contributed by atoms with E-state index in [1.165, 1.54) is 4.88 Å². The molecule has 1 aromatic rings. The standard InChI is InChI=1S/C12H18O2S/c1-4-9-7-8-11(15-9)10(5-2)12(13)14-6-3/h7-8,10H,4-6H2,1-3H3. The number of thiophene rings is 1.